The second kappa shape index (κ2) is 7.58. The third-order valence-corrected chi connectivity index (χ3v) is 4.76. The summed E-state index contributed by atoms with van der Waals surface area (Å²) >= 11 is 6.09. The number of pyridine rings is 1. The molecular formula is C22H13ClN4O4. The lowest BCUT2D eigenvalue weighted by Crippen LogP contribution is -2.16. The minimum Gasteiger partial charge on any atom is -0.493 e. The van der Waals surface area contributed by atoms with Crippen molar-refractivity contribution < 1.29 is 19.4 Å². The number of fused-ring (bicyclic) bond motifs is 2. The molecule has 31 heavy (non-hydrogen) atoms. The van der Waals surface area contributed by atoms with E-state index >= 15 is 0 Å². The Morgan fingerprint density at radius 1 is 0.935 bits per heavy atom. The molecule has 5 rings (SSSR count). The second-order valence-corrected chi connectivity index (χ2v) is 6.93. The molecular weight excluding hydrogens is 420 g/mol. The van der Waals surface area contributed by atoms with E-state index < -0.39 is 6.16 Å². The number of benzene rings is 2. The van der Waals surface area contributed by atoms with Crippen LogP contribution in [0.25, 0.3) is 27.8 Å². The largest absolute Gasteiger partial charge is 0.520 e. The predicted molar refractivity (Wildman–Crippen MR) is 114 cm³/mol. The molecule has 0 fully saturated rings. The van der Waals surface area contributed by atoms with Gasteiger partial charge in [0, 0.05) is 22.8 Å². The summed E-state index contributed by atoms with van der Waals surface area (Å²) in [6, 6.07) is 17.2. The van der Waals surface area contributed by atoms with Crippen LogP contribution in [0.3, 0.4) is 0 Å². The van der Waals surface area contributed by atoms with Crippen LogP contribution in [-0.4, -0.2) is 30.8 Å². The van der Waals surface area contributed by atoms with Crippen molar-refractivity contribution in [1.29, 1.82) is 0 Å². The number of hydrogen-bond acceptors (Lipinski definition) is 7. The van der Waals surface area contributed by atoms with Crippen LogP contribution in [0.5, 0.6) is 17.5 Å². The molecule has 1 N–H and O–H groups in total. The maximum Gasteiger partial charge on any atom is 0.520 e. The van der Waals surface area contributed by atoms with Crippen molar-refractivity contribution in [2.45, 2.75) is 0 Å². The molecule has 0 unspecified atom stereocenters. The first-order chi connectivity index (χ1) is 15.1. The lowest BCUT2D eigenvalue weighted by molar-refractivity contribution is 0.149. The van der Waals surface area contributed by atoms with Gasteiger partial charge in [-0.3, -0.25) is 0 Å². The van der Waals surface area contributed by atoms with Crippen LogP contribution in [0.15, 0.2) is 73.1 Å². The van der Waals surface area contributed by atoms with Crippen molar-refractivity contribution in [3.05, 3.63) is 78.1 Å². The molecule has 0 atom stereocenters. The number of nitrogens with zero attached hydrogens (tertiary/aromatic N) is 4. The minimum absolute atomic E-state index is 0.0737. The normalized spacial score (nSPS) is 11.0. The zero-order chi connectivity index (χ0) is 21.4. The second-order valence-electron chi connectivity index (χ2n) is 6.49. The fourth-order valence-electron chi connectivity index (χ4n) is 3.16. The molecule has 2 aromatic carbocycles. The van der Waals surface area contributed by atoms with Gasteiger partial charge in [0.1, 0.15) is 11.6 Å². The van der Waals surface area contributed by atoms with Gasteiger partial charge in [-0.15, -0.1) is 0 Å². The Kier molecular flexibility index (Phi) is 4.61. The Hall–Kier alpha value is -4.17. The number of aromatic hydroxyl groups is 1. The Morgan fingerprint density at radius 3 is 2.48 bits per heavy atom. The fourth-order valence-corrected chi connectivity index (χ4v) is 3.33. The van der Waals surface area contributed by atoms with E-state index in [-0.39, 0.29) is 28.6 Å². The molecule has 152 valence electrons. The van der Waals surface area contributed by atoms with Gasteiger partial charge in [0.25, 0.3) is 0 Å². The number of rotatable bonds is 3. The summed E-state index contributed by atoms with van der Waals surface area (Å²) in [7, 11) is 0. The number of carbonyl (C=O) groups excluding carboxylic acids is 1. The summed E-state index contributed by atoms with van der Waals surface area (Å²) < 4.78 is 11.9. The van der Waals surface area contributed by atoms with Gasteiger partial charge in [0.15, 0.2) is 11.0 Å². The SMILES string of the molecule is O=C(Oc1ccccc1)Oc1c2nccnc2c(O)n1-c1ccc2ccc(Cl)cc2n1. The summed E-state index contributed by atoms with van der Waals surface area (Å²) in [6.45, 7) is 0. The van der Waals surface area contributed by atoms with Crippen molar-refractivity contribution in [3.63, 3.8) is 0 Å². The Labute approximate surface area is 180 Å². The van der Waals surface area contributed by atoms with Crippen molar-refractivity contribution in [2.75, 3.05) is 0 Å². The molecule has 0 amide bonds. The van der Waals surface area contributed by atoms with Gasteiger partial charge in [-0.05, 0) is 36.4 Å². The highest BCUT2D eigenvalue weighted by molar-refractivity contribution is 6.31. The Bertz CT molecular complexity index is 1440. The highest BCUT2D eigenvalue weighted by atomic mass is 35.5. The predicted octanol–water partition coefficient (Wildman–Crippen LogP) is 4.91. The molecule has 0 aliphatic carbocycles. The molecule has 0 aliphatic rings. The third-order valence-electron chi connectivity index (χ3n) is 4.52. The van der Waals surface area contributed by atoms with Crippen molar-refractivity contribution in [2.24, 2.45) is 0 Å². The Morgan fingerprint density at radius 2 is 1.68 bits per heavy atom. The van der Waals surface area contributed by atoms with Gasteiger partial charge in [0.05, 0.1) is 5.52 Å². The summed E-state index contributed by atoms with van der Waals surface area (Å²) in [4.78, 5) is 25.3. The number of para-hydroxylation sites is 1. The Balaban J connectivity index is 1.62. The first kappa shape index (κ1) is 18.8. The fraction of sp³-hybridized carbons (Fsp3) is 0. The quantitative estimate of drug-likeness (QED) is 0.319. The van der Waals surface area contributed by atoms with Crippen molar-refractivity contribution >= 4 is 39.7 Å². The highest BCUT2D eigenvalue weighted by Crippen LogP contribution is 2.37. The molecule has 5 aromatic rings. The number of halogens is 1. The van der Waals surface area contributed by atoms with Crippen LogP contribution in [0, 0.1) is 0 Å². The van der Waals surface area contributed by atoms with E-state index in [1.54, 1.807) is 48.5 Å². The monoisotopic (exact) mass is 432 g/mol. The maximum absolute atomic E-state index is 12.4. The minimum atomic E-state index is -0.999. The highest BCUT2D eigenvalue weighted by Gasteiger charge is 2.25. The number of carbonyl (C=O) groups is 1. The molecule has 0 saturated carbocycles. The zero-order valence-corrected chi connectivity index (χ0v) is 16.5. The zero-order valence-electron chi connectivity index (χ0n) is 15.8. The molecule has 0 saturated heterocycles. The van der Waals surface area contributed by atoms with Crippen molar-refractivity contribution in [1.82, 2.24) is 19.5 Å². The van der Waals surface area contributed by atoms with E-state index in [4.69, 9.17) is 21.1 Å². The van der Waals surface area contributed by atoms with Crippen LogP contribution in [0.1, 0.15) is 0 Å². The van der Waals surface area contributed by atoms with E-state index in [9.17, 15) is 9.90 Å². The lowest BCUT2D eigenvalue weighted by atomic mass is 10.2. The molecule has 3 aromatic heterocycles. The number of ether oxygens (including phenoxy) is 2. The van der Waals surface area contributed by atoms with Crippen LogP contribution in [-0.2, 0) is 0 Å². The first-order valence-electron chi connectivity index (χ1n) is 9.16. The van der Waals surface area contributed by atoms with Gasteiger partial charge in [-0.25, -0.2) is 24.3 Å². The molecule has 8 nitrogen and oxygen atoms in total. The van der Waals surface area contributed by atoms with Crippen LogP contribution < -0.4 is 9.47 Å². The molecule has 3 heterocycles. The molecule has 9 heteroatoms. The standard InChI is InChI=1S/C22H13ClN4O4/c23-14-8-6-13-7-9-17(26-16(13)12-14)27-20(28)18-19(25-11-10-24-18)21(27)31-22(29)30-15-4-2-1-3-5-15/h1-12,28H. The van der Waals surface area contributed by atoms with Gasteiger partial charge in [-0.2, -0.15) is 0 Å². The average Bonchev–Trinajstić information content (AvgIpc) is 3.05. The summed E-state index contributed by atoms with van der Waals surface area (Å²) in [6.07, 6.45) is 1.85. The van der Waals surface area contributed by atoms with Gasteiger partial charge < -0.3 is 14.6 Å². The van der Waals surface area contributed by atoms with Crippen LogP contribution in [0.2, 0.25) is 5.02 Å². The molecule has 0 spiro atoms. The van der Waals surface area contributed by atoms with Crippen LogP contribution >= 0.6 is 11.6 Å². The molecule has 0 radical (unpaired) electrons. The van der Waals surface area contributed by atoms with Crippen LogP contribution in [0.4, 0.5) is 4.79 Å². The summed E-state index contributed by atoms with van der Waals surface area (Å²) in [5.74, 6) is 0.244. The van der Waals surface area contributed by atoms with E-state index in [1.165, 1.54) is 17.0 Å². The average molecular weight is 433 g/mol. The summed E-state index contributed by atoms with van der Waals surface area (Å²) in [5, 5.41) is 12.2. The number of aromatic nitrogens is 4. The molecule has 0 bridgehead atoms. The van der Waals surface area contributed by atoms with Crippen molar-refractivity contribution in [3.8, 4) is 23.3 Å². The van der Waals surface area contributed by atoms with Gasteiger partial charge in [0.2, 0.25) is 11.8 Å². The van der Waals surface area contributed by atoms with E-state index in [2.05, 4.69) is 15.0 Å². The smallest absolute Gasteiger partial charge is 0.493 e. The molecule has 0 aliphatic heterocycles. The topological polar surface area (TPSA) is 99.4 Å². The van der Waals surface area contributed by atoms with E-state index in [1.807, 2.05) is 12.1 Å². The third kappa shape index (κ3) is 3.49. The van der Waals surface area contributed by atoms with E-state index in [0.29, 0.717) is 16.3 Å². The maximum atomic E-state index is 12.4. The lowest BCUT2D eigenvalue weighted by Gasteiger charge is -2.10. The number of hydrogen-bond donors (Lipinski definition) is 1. The van der Waals surface area contributed by atoms with Gasteiger partial charge >= 0.3 is 6.16 Å². The summed E-state index contributed by atoms with van der Waals surface area (Å²) in [5.41, 5.74) is 0.928. The van der Waals surface area contributed by atoms with Gasteiger partial charge in [-0.1, -0.05) is 35.9 Å². The first-order valence-corrected chi connectivity index (χ1v) is 9.54. The van der Waals surface area contributed by atoms with E-state index in [0.717, 1.165) is 5.39 Å².